The van der Waals surface area contributed by atoms with Gasteiger partial charge in [-0.3, -0.25) is 4.79 Å². The Labute approximate surface area is 120 Å². The van der Waals surface area contributed by atoms with E-state index < -0.39 is 0 Å². The molecule has 0 spiro atoms. The predicted molar refractivity (Wildman–Crippen MR) is 77.9 cm³/mol. The number of hydrogen-bond acceptors (Lipinski definition) is 3. The van der Waals surface area contributed by atoms with Crippen molar-refractivity contribution in [1.82, 2.24) is 9.97 Å². The highest BCUT2D eigenvalue weighted by molar-refractivity contribution is 9.10. The van der Waals surface area contributed by atoms with E-state index >= 15 is 0 Å². The van der Waals surface area contributed by atoms with Gasteiger partial charge in [-0.05, 0) is 30.7 Å². The Balaban J connectivity index is 2.35. The highest BCUT2D eigenvalue weighted by Crippen LogP contribution is 2.26. The Morgan fingerprint density at radius 2 is 2.05 bits per heavy atom. The van der Waals surface area contributed by atoms with Gasteiger partial charge in [0.25, 0.3) is 5.56 Å². The summed E-state index contributed by atoms with van der Waals surface area (Å²) in [5.41, 5.74) is 0.769. The number of rotatable bonds is 3. The van der Waals surface area contributed by atoms with Crippen molar-refractivity contribution in [3.63, 3.8) is 0 Å². The zero-order valence-corrected chi connectivity index (χ0v) is 12.6. The van der Waals surface area contributed by atoms with E-state index in [2.05, 4.69) is 25.9 Å². The van der Waals surface area contributed by atoms with Crippen LogP contribution in [-0.2, 0) is 0 Å². The Hall–Kier alpha value is -1.62. The van der Waals surface area contributed by atoms with E-state index in [1.807, 2.05) is 39.0 Å². The van der Waals surface area contributed by atoms with Gasteiger partial charge in [-0.2, -0.15) is 4.98 Å². The molecule has 1 heterocycles. The monoisotopic (exact) mass is 322 g/mol. The number of H-pyrrole nitrogens is 1. The summed E-state index contributed by atoms with van der Waals surface area (Å²) in [4.78, 5) is 18.6. The summed E-state index contributed by atoms with van der Waals surface area (Å²) in [5, 5.41) is 0. The Kier molecular flexibility index (Phi) is 4.04. The number of nitrogens with one attached hydrogen (secondary N) is 1. The molecular formula is C14H15BrN2O2. The lowest BCUT2D eigenvalue weighted by Gasteiger charge is -2.10. The van der Waals surface area contributed by atoms with Gasteiger partial charge in [0, 0.05) is 10.4 Å². The molecule has 0 amide bonds. The molecule has 0 unspecified atom stereocenters. The molecule has 0 saturated carbocycles. The highest BCUT2D eigenvalue weighted by Gasteiger charge is 2.08. The van der Waals surface area contributed by atoms with Crippen molar-refractivity contribution in [2.45, 2.75) is 26.7 Å². The molecule has 1 N–H and O–H groups in total. The first-order valence-electron chi connectivity index (χ1n) is 6.01. The van der Waals surface area contributed by atoms with Gasteiger partial charge in [0.1, 0.15) is 11.6 Å². The normalized spacial score (nSPS) is 10.8. The second-order valence-corrected chi connectivity index (χ2v) is 5.55. The van der Waals surface area contributed by atoms with Crippen LogP contribution in [-0.4, -0.2) is 9.97 Å². The van der Waals surface area contributed by atoms with Gasteiger partial charge in [0.2, 0.25) is 5.88 Å². The van der Waals surface area contributed by atoms with Crippen LogP contribution in [0.1, 0.15) is 31.2 Å². The number of nitrogens with zero attached hydrogens (tertiary/aromatic N) is 1. The fraction of sp³-hybridized carbons (Fsp3) is 0.286. The minimum absolute atomic E-state index is 0.141. The lowest BCUT2D eigenvalue weighted by molar-refractivity contribution is 0.452. The van der Waals surface area contributed by atoms with Crippen LogP contribution in [0.2, 0.25) is 0 Å². The zero-order chi connectivity index (χ0) is 14.0. The van der Waals surface area contributed by atoms with Crippen LogP contribution in [0, 0.1) is 6.92 Å². The molecule has 19 heavy (non-hydrogen) atoms. The van der Waals surface area contributed by atoms with Crippen molar-refractivity contribution >= 4 is 15.9 Å². The van der Waals surface area contributed by atoms with Gasteiger partial charge in [-0.1, -0.05) is 29.8 Å². The molecule has 0 fully saturated rings. The van der Waals surface area contributed by atoms with E-state index in [0.717, 1.165) is 10.0 Å². The van der Waals surface area contributed by atoms with Gasteiger partial charge in [-0.25, -0.2) is 0 Å². The zero-order valence-electron chi connectivity index (χ0n) is 11.0. The first-order chi connectivity index (χ1) is 8.95. The van der Waals surface area contributed by atoms with Crippen LogP contribution in [0.15, 0.2) is 33.5 Å². The first kappa shape index (κ1) is 13.8. The fourth-order valence-electron chi connectivity index (χ4n) is 1.62. The van der Waals surface area contributed by atoms with Crippen molar-refractivity contribution in [3.8, 4) is 11.6 Å². The van der Waals surface area contributed by atoms with E-state index in [9.17, 15) is 4.79 Å². The average molecular weight is 323 g/mol. The second-order valence-electron chi connectivity index (χ2n) is 4.64. The van der Waals surface area contributed by atoms with Crippen LogP contribution >= 0.6 is 15.9 Å². The van der Waals surface area contributed by atoms with E-state index in [4.69, 9.17) is 4.74 Å². The number of ether oxygens (including phenoxy) is 1. The lowest BCUT2D eigenvalue weighted by atomic mass is 10.2. The summed E-state index contributed by atoms with van der Waals surface area (Å²) in [6.45, 7) is 5.87. The first-order valence-corrected chi connectivity index (χ1v) is 6.80. The van der Waals surface area contributed by atoms with E-state index in [1.54, 1.807) is 0 Å². The maximum Gasteiger partial charge on any atom is 0.254 e. The molecule has 0 aliphatic rings. The van der Waals surface area contributed by atoms with Crippen LogP contribution in [0.3, 0.4) is 0 Å². The predicted octanol–water partition coefficient (Wildman–Crippen LogP) is 3.76. The molecule has 1 aromatic carbocycles. The number of aromatic nitrogens is 2. The van der Waals surface area contributed by atoms with Crippen molar-refractivity contribution < 1.29 is 4.74 Å². The highest BCUT2D eigenvalue weighted by atomic mass is 79.9. The number of aromatic amines is 1. The number of aryl methyl sites for hydroxylation is 1. The minimum atomic E-state index is -0.205. The smallest absolute Gasteiger partial charge is 0.254 e. The molecule has 0 aliphatic heterocycles. The molecule has 0 radical (unpaired) electrons. The summed E-state index contributed by atoms with van der Waals surface area (Å²) in [5.74, 6) is 1.77. The van der Waals surface area contributed by atoms with Gasteiger partial charge in [0.05, 0.1) is 6.07 Å². The summed E-state index contributed by atoms with van der Waals surface area (Å²) < 4.78 is 6.67. The maximum absolute atomic E-state index is 11.6. The second kappa shape index (κ2) is 5.57. The van der Waals surface area contributed by atoms with E-state index in [1.165, 1.54) is 6.07 Å². The molecule has 2 aromatic rings. The van der Waals surface area contributed by atoms with Crippen molar-refractivity contribution in [1.29, 1.82) is 0 Å². The summed E-state index contributed by atoms with van der Waals surface area (Å²) in [6.07, 6.45) is 0. The van der Waals surface area contributed by atoms with E-state index in [-0.39, 0.29) is 11.5 Å². The molecule has 100 valence electrons. The quantitative estimate of drug-likeness (QED) is 0.936. The standard InChI is InChI=1S/C14H15BrN2O2/c1-8(2)14-16-12(18)7-13(17-14)19-11-5-4-10(15)6-9(11)3/h4-8H,1-3H3,(H,16,17,18). The third-order valence-electron chi connectivity index (χ3n) is 2.63. The summed E-state index contributed by atoms with van der Waals surface area (Å²) in [6, 6.07) is 7.04. The molecule has 0 bridgehead atoms. The molecule has 2 rings (SSSR count). The fourth-order valence-corrected chi connectivity index (χ4v) is 2.09. The Bertz CT molecular complexity index is 650. The Morgan fingerprint density at radius 3 is 2.68 bits per heavy atom. The molecule has 0 saturated heterocycles. The molecule has 0 aliphatic carbocycles. The van der Waals surface area contributed by atoms with Gasteiger partial charge < -0.3 is 9.72 Å². The summed E-state index contributed by atoms with van der Waals surface area (Å²) in [7, 11) is 0. The van der Waals surface area contributed by atoms with E-state index in [0.29, 0.717) is 17.5 Å². The molecule has 4 nitrogen and oxygen atoms in total. The molecule has 5 heteroatoms. The number of hydrogen-bond donors (Lipinski definition) is 1. The molecular weight excluding hydrogens is 308 g/mol. The third kappa shape index (κ3) is 3.44. The van der Waals surface area contributed by atoms with Gasteiger partial charge in [0.15, 0.2) is 0 Å². The molecule has 1 aromatic heterocycles. The minimum Gasteiger partial charge on any atom is -0.438 e. The van der Waals surface area contributed by atoms with Crippen LogP contribution in [0.4, 0.5) is 0 Å². The van der Waals surface area contributed by atoms with Crippen molar-refractivity contribution in [3.05, 3.63) is 50.5 Å². The average Bonchev–Trinajstić information content (AvgIpc) is 2.32. The van der Waals surface area contributed by atoms with Gasteiger partial charge in [-0.15, -0.1) is 0 Å². The Morgan fingerprint density at radius 1 is 1.32 bits per heavy atom. The van der Waals surface area contributed by atoms with Crippen molar-refractivity contribution in [2.24, 2.45) is 0 Å². The molecule has 0 atom stereocenters. The third-order valence-corrected chi connectivity index (χ3v) is 3.13. The van der Waals surface area contributed by atoms with Crippen LogP contribution in [0.5, 0.6) is 11.6 Å². The number of halogens is 1. The van der Waals surface area contributed by atoms with Crippen LogP contribution in [0.25, 0.3) is 0 Å². The lowest BCUT2D eigenvalue weighted by Crippen LogP contribution is -2.12. The topological polar surface area (TPSA) is 55.0 Å². The largest absolute Gasteiger partial charge is 0.438 e. The summed E-state index contributed by atoms with van der Waals surface area (Å²) >= 11 is 3.40. The van der Waals surface area contributed by atoms with Crippen LogP contribution < -0.4 is 10.3 Å². The number of benzene rings is 1. The SMILES string of the molecule is Cc1cc(Br)ccc1Oc1cc(=O)[nH]c(C(C)C)n1. The van der Waals surface area contributed by atoms with Gasteiger partial charge >= 0.3 is 0 Å². The maximum atomic E-state index is 11.6. The van der Waals surface area contributed by atoms with Crippen molar-refractivity contribution in [2.75, 3.05) is 0 Å².